The van der Waals surface area contributed by atoms with Crippen LogP contribution in [0.25, 0.3) is 0 Å². The van der Waals surface area contributed by atoms with Crippen LogP contribution >= 0.6 is 11.3 Å². The summed E-state index contributed by atoms with van der Waals surface area (Å²) in [5.74, 6) is 0.102. The van der Waals surface area contributed by atoms with Crippen LogP contribution < -0.4 is 10.6 Å². The highest BCUT2D eigenvalue weighted by atomic mass is 32.1. The van der Waals surface area contributed by atoms with Gasteiger partial charge in [-0.25, -0.2) is 4.98 Å². The lowest BCUT2D eigenvalue weighted by Gasteiger charge is -2.13. The molecule has 0 unspecified atom stereocenters. The lowest BCUT2D eigenvalue weighted by atomic mass is 9.98. The van der Waals surface area contributed by atoms with Crippen LogP contribution in [0.5, 0.6) is 0 Å². The van der Waals surface area contributed by atoms with E-state index < -0.39 is 0 Å². The fourth-order valence-electron chi connectivity index (χ4n) is 1.44. The fraction of sp³-hybridized carbons (Fsp3) is 0.692. The Morgan fingerprint density at radius 3 is 2.72 bits per heavy atom. The van der Waals surface area contributed by atoms with Gasteiger partial charge in [-0.15, -0.1) is 11.3 Å². The molecule has 0 fully saturated rings. The second-order valence-electron chi connectivity index (χ2n) is 5.26. The Hall–Kier alpha value is -0.940. The van der Waals surface area contributed by atoms with E-state index in [0.717, 1.165) is 11.6 Å². The van der Waals surface area contributed by atoms with Crippen molar-refractivity contribution in [2.75, 3.05) is 13.1 Å². The van der Waals surface area contributed by atoms with E-state index >= 15 is 0 Å². The Balaban J connectivity index is 2.28. The molecule has 5 heteroatoms. The third-order valence-corrected chi connectivity index (χ3v) is 3.82. The van der Waals surface area contributed by atoms with Crippen molar-refractivity contribution in [1.82, 2.24) is 15.6 Å². The third kappa shape index (κ3) is 5.14. The third-order valence-electron chi connectivity index (χ3n) is 2.40. The molecule has 0 saturated carbocycles. The number of hydrogen-bond acceptors (Lipinski definition) is 4. The van der Waals surface area contributed by atoms with E-state index in [0.29, 0.717) is 19.5 Å². The number of aromatic nitrogens is 1. The highest BCUT2D eigenvalue weighted by Gasteiger charge is 2.17. The van der Waals surface area contributed by atoms with E-state index in [2.05, 4.69) is 36.4 Å². The summed E-state index contributed by atoms with van der Waals surface area (Å²) in [6.07, 6.45) is 2.45. The van der Waals surface area contributed by atoms with Gasteiger partial charge in [-0.2, -0.15) is 0 Å². The molecule has 0 aliphatic heterocycles. The Kier molecular flexibility index (Phi) is 5.75. The van der Waals surface area contributed by atoms with Crippen molar-refractivity contribution in [2.45, 2.75) is 46.1 Å². The second-order valence-corrected chi connectivity index (χ2v) is 6.38. The van der Waals surface area contributed by atoms with Crippen LogP contribution in [0.1, 0.15) is 44.0 Å². The van der Waals surface area contributed by atoms with Crippen LogP contribution in [0, 0.1) is 0 Å². The summed E-state index contributed by atoms with van der Waals surface area (Å²) in [5, 5.41) is 7.20. The molecule has 0 atom stereocenters. The Morgan fingerprint density at radius 1 is 1.44 bits per heavy atom. The molecular formula is C13H23N3OS. The van der Waals surface area contributed by atoms with Crippen LogP contribution in [-0.2, 0) is 16.8 Å². The van der Waals surface area contributed by atoms with E-state index in [1.807, 2.05) is 13.1 Å². The molecule has 1 rings (SSSR count). The molecule has 0 spiro atoms. The number of rotatable bonds is 6. The van der Waals surface area contributed by atoms with Crippen LogP contribution in [0.2, 0.25) is 0 Å². The van der Waals surface area contributed by atoms with Gasteiger partial charge in [0.25, 0.3) is 0 Å². The molecule has 1 aromatic rings. The first-order valence-electron chi connectivity index (χ1n) is 6.36. The van der Waals surface area contributed by atoms with Gasteiger partial charge < -0.3 is 10.6 Å². The SMILES string of the molecule is CCNC(=O)CCNCc1cnc(C(C)(C)C)s1. The monoisotopic (exact) mass is 269 g/mol. The van der Waals surface area contributed by atoms with E-state index in [-0.39, 0.29) is 11.3 Å². The van der Waals surface area contributed by atoms with E-state index in [1.165, 1.54) is 4.88 Å². The summed E-state index contributed by atoms with van der Waals surface area (Å²) in [6, 6.07) is 0. The molecule has 1 amide bonds. The molecular weight excluding hydrogens is 246 g/mol. The van der Waals surface area contributed by atoms with Gasteiger partial charge in [0.15, 0.2) is 0 Å². The van der Waals surface area contributed by atoms with Crippen LogP contribution in [0.4, 0.5) is 0 Å². The fourth-order valence-corrected chi connectivity index (χ4v) is 2.37. The molecule has 102 valence electrons. The average molecular weight is 269 g/mol. The number of amides is 1. The van der Waals surface area contributed by atoms with Gasteiger partial charge in [0.05, 0.1) is 5.01 Å². The summed E-state index contributed by atoms with van der Waals surface area (Å²) in [5.41, 5.74) is 0.115. The molecule has 0 radical (unpaired) electrons. The molecule has 0 aromatic carbocycles. The minimum Gasteiger partial charge on any atom is -0.356 e. The normalized spacial score (nSPS) is 11.6. The predicted molar refractivity (Wildman–Crippen MR) is 75.8 cm³/mol. The molecule has 0 bridgehead atoms. The summed E-state index contributed by atoms with van der Waals surface area (Å²) >= 11 is 1.73. The van der Waals surface area contributed by atoms with Gasteiger partial charge >= 0.3 is 0 Å². The van der Waals surface area contributed by atoms with Gasteiger partial charge in [0.2, 0.25) is 5.91 Å². The number of nitrogens with zero attached hydrogens (tertiary/aromatic N) is 1. The summed E-state index contributed by atoms with van der Waals surface area (Å²) in [4.78, 5) is 16.9. The maximum atomic E-state index is 11.2. The zero-order chi connectivity index (χ0) is 13.6. The standard InChI is InChI=1S/C13H23N3OS/c1-5-15-11(17)6-7-14-8-10-9-16-12(18-10)13(2,3)4/h9,14H,5-8H2,1-4H3,(H,15,17). The van der Waals surface area contributed by atoms with E-state index in [1.54, 1.807) is 11.3 Å². The van der Waals surface area contributed by atoms with Crippen molar-refractivity contribution in [3.8, 4) is 0 Å². The summed E-state index contributed by atoms with van der Waals surface area (Å²) in [6.45, 7) is 10.6. The van der Waals surface area contributed by atoms with Gasteiger partial charge in [-0.3, -0.25) is 4.79 Å². The predicted octanol–water partition coefficient (Wildman–Crippen LogP) is 2.06. The highest BCUT2D eigenvalue weighted by Crippen LogP contribution is 2.26. The van der Waals surface area contributed by atoms with Crippen molar-refractivity contribution in [1.29, 1.82) is 0 Å². The van der Waals surface area contributed by atoms with E-state index in [4.69, 9.17) is 0 Å². The smallest absolute Gasteiger partial charge is 0.221 e. The Morgan fingerprint density at radius 2 is 2.17 bits per heavy atom. The number of nitrogens with one attached hydrogen (secondary N) is 2. The zero-order valence-corrected chi connectivity index (χ0v) is 12.5. The quantitative estimate of drug-likeness (QED) is 0.777. The second kappa shape index (κ2) is 6.85. The van der Waals surface area contributed by atoms with Crippen molar-refractivity contribution >= 4 is 17.2 Å². The average Bonchev–Trinajstić information content (AvgIpc) is 2.73. The lowest BCUT2D eigenvalue weighted by molar-refractivity contribution is -0.120. The first-order valence-corrected chi connectivity index (χ1v) is 7.17. The molecule has 0 saturated heterocycles. The van der Waals surface area contributed by atoms with E-state index in [9.17, 15) is 4.79 Å². The van der Waals surface area contributed by atoms with Crippen LogP contribution in [0.15, 0.2) is 6.20 Å². The zero-order valence-electron chi connectivity index (χ0n) is 11.7. The molecule has 4 nitrogen and oxygen atoms in total. The minimum atomic E-state index is 0.102. The highest BCUT2D eigenvalue weighted by molar-refractivity contribution is 7.11. The Labute approximate surface area is 113 Å². The summed E-state index contributed by atoms with van der Waals surface area (Å²) in [7, 11) is 0. The largest absolute Gasteiger partial charge is 0.356 e. The number of carbonyl (C=O) groups excluding carboxylic acids is 1. The number of hydrogen-bond donors (Lipinski definition) is 2. The van der Waals surface area contributed by atoms with Crippen LogP contribution in [-0.4, -0.2) is 24.0 Å². The molecule has 1 aromatic heterocycles. The molecule has 2 N–H and O–H groups in total. The molecule has 1 heterocycles. The number of carbonyl (C=O) groups is 1. The van der Waals surface area contributed by atoms with Crippen molar-refractivity contribution in [2.24, 2.45) is 0 Å². The number of thiazole rings is 1. The van der Waals surface area contributed by atoms with Gasteiger partial charge in [0, 0.05) is 42.5 Å². The molecule has 0 aliphatic carbocycles. The van der Waals surface area contributed by atoms with Crippen molar-refractivity contribution in [3.05, 3.63) is 16.1 Å². The topological polar surface area (TPSA) is 54.0 Å². The van der Waals surface area contributed by atoms with Gasteiger partial charge in [-0.05, 0) is 6.92 Å². The minimum absolute atomic E-state index is 0.102. The maximum absolute atomic E-state index is 11.2. The first-order chi connectivity index (χ1) is 8.43. The molecule has 18 heavy (non-hydrogen) atoms. The summed E-state index contributed by atoms with van der Waals surface area (Å²) < 4.78 is 0. The van der Waals surface area contributed by atoms with Crippen molar-refractivity contribution in [3.63, 3.8) is 0 Å². The van der Waals surface area contributed by atoms with Gasteiger partial charge in [-0.1, -0.05) is 20.8 Å². The Bertz CT molecular complexity index is 382. The lowest BCUT2D eigenvalue weighted by Crippen LogP contribution is -2.27. The van der Waals surface area contributed by atoms with Crippen molar-refractivity contribution < 1.29 is 4.79 Å². The van der Waals surface area contributed by atoms with Crippen LogP contribution in [0.3, 0.4) is 0 Å². The van der Waals surface area contributed by atoms with Gasteiger partial charge in [0.1, 0.15) is 0 Å². The molecule has 0 aliphatic rings. The first kappa shape index (κ1) is 15.1. The maximum Gasteiger partial charge on any atom is 0.221 e.